The number of likely N-dealkylation sites (N-methyl/N-ethyl adjacent to an activating group) is 1. The van der Waals surface area contributed by atoms with Gasteiger partial charge in [0.25, 0.3) is 0 Å². The topological polar surface area (TPSA) is 24.5 Å². The molecule has 0 unspecified atom stereocenters. The van der Waals surface area contributed by atoms with Gasteiger partial charge in [-0.05, 0) is 64.9 Å². The van der Waals surface area contributed by atoms with Crippen molar-refractivity contribution < 1.29 is 4.74 Å². The van der Waals surface area contributed by atoms with E-state index in [0.29, 0.717) is 6.61 Å². The molecule has 0 bridgehead atoms. The highest BCUT2D eigenvalue weighted by Crippen LogP contribution is 2.18. The summed E-state index contributed by atoms with van der Waals surface area (Å²) >= 11 is 0. The van der Waals surface area contributed by atoms with Crippen molar-refractivity contribution in [3.8, 4) is 0 Å². The minimum absolute atomic E-state index is 0.0778. The molecule has 0 atom stereocenters. The zero-order valence-corrected chi connectivity index (χ0v) is 14.0. The van der Waals surface area contributed by atoms with Crippen LogP contribution in [0.4, 0.5) is 0 Å². The summed E-state index contributed by atoms with van der Waals surface area (Å²) in [6.45, 7) is 6.93. The van der Waals surface area contributed by atoms with Gasteiger partial charge in [0.15, 0.2) is 0 Å². The van der Waals surface area contributed by atoms with Gasteiger partial charge in [-0.2, -0.15) is 0 Å². The first kappa shape index (κ1) is 16.5. The van der Waals surface area contributed by atoms with Crippen LogP contribution in [0.2, 0.25) is 0 Å². The Hall–Kier alpha value is -0.900. The number of benzene rings is 1. The van der Waals surface area contributed by atoms with Crippen molar-refractivity contribution in [2.75, 3.05) is 27.2 Å². The monoisotopic (exact) mass is 290 g/mol. The molecule has 1 saturated carbocycles. The van der Waals surface area contributed by atoms with E-state index in [1.54, 1.807) is 0 Å². The molecule has 0 saturated heterocycles. The maximum absolute atomic E-state index is 5.85. The molecule has 1 fully saturated rings. The van der Waals surface area contributed by atoms with E-state index in [-0.39, 0.29) is 5.54 Å². The SMILES string of the molecule is CN(C)C(C)(C)COCc1ccc(CCNC2CC2)cc1. The molecule has 0 amide bonds. The Morgan fingerprint density at radius 3 is 2.33 bits per heavy atom. The van der Waals surface area contributed by atoms with Crippen molar-refractivity contribution in [1.29, 1.82) is 0 Å². The van der Waals surface area contributed by atoms with E-state index in [9.17, 15) is 0 Å². The van der Waals surface area contributed by atoms with E-state index < -0.39 is 0 Å². The van der Waals surface area contributed by atoms with Crippen LogP contribution in [0.25, 0.3) is 0 Å². The number of ether oxygens (including phenoxy) is 1. The lowest BCUT2D eigenvalue weighted by atomic mass is 10.1. The first-order chi connectivity index (χ1) is 9.97. The second-order valence-corrected chi connectivity index (χ2v) is 6.99. The van der Waals surface area contributed by atoms with Gasteiger partial charge < -0.3 is 15.0 Å². The van der Waals surface area contributed by atoms with Gasteiger partial charge in [0, 0.05) is 11.6 Å². The normalized spacial score (nSPS) is 15.7. The highest BCUT2D eigenvalue weighted by molar-refractivity contribution is 5.22. The van der Waals surface area contributed by atoms with Gasteiger partial charge in [-0.3, -0.25) is 0 Å². The van der Waals surface area contributed by atoms with E-state index in [1.807, 2.05) is 0 Å². The molecule has 0 aliphatic heterocycles. The van der Waals surface area contributed by atoms with Crippen LogP contribution in [0.3, 0.4) is 0 Å². The van der Waals surface area contributed by atoms with Crippen LogP contribution in [0.15, 0.2) is 24.3 Å². The van der Waals surface area contributed by atoms with Gasteiger partial charge in [0.1, 0.15) is 0 Å². The fourth-order valence-electron chi connectivity index (χ4n) is 2.06. The molecule has 2 rings (SSSR count). The molecule has 3 nitrogen and oxygen atoms in total. The van der Waals surface area contributed by atoms with Crippen LogP contribution in [0, 0.1) is 0 Å². The van der Waals surface area contributed by atoms with E-state index >= 15 is 0 Å². The van der Waals surface area contributed by atoms with Crippen molar-refractivity contribution in [2.45, 2.75) is 51.3 Å². The average Bonchev–Trinajstić information content (AvgIpc) is 3.24. The fourth-order valence-corrected chi connectivity index (χ4v) is 2.06. The minimum Gasteiger partial charge on any atom is -0.375 e. The molecule has 1 aromatic carbocycles. The zero-order chi connectivity index (χ0) is 15.3. The Kier molecular flexibility index (Phi) is 5.80. The van der Waals surface area contributed by atoms with Crippen LogP contribution in [0.5, 0.6) is 0 Å². The van der Waals surface area contributed by atoms with E-state index in [4.69, 9.17) is 4.74 Å². The second-order valence-electron chi connectivity index (χ2n) is 6.99. The maximum Gasteiger partial charge on any atom is 0.0717 e. The summed E-state index contributed by atoms with van der Waals surface area (Å²) in [4.78, 5) is 2.20. The van der Waals surface area contributed by atoms with E-state index in [1.165, 1.54) is 24.0 Å². The van der Waals surface area contributed by atoms with Gasteiger partial charge in [-0.25, -0.2) is 0 Å². The van der Waals surface area contributed by atoms with E-state index in [0.717, 1.165) is 25.6 Å². The smallest absolute Gasteiger partial charge is 0.0717 e. The minimum atomic E-state index is 0.0778. The Morgan fingerprint density at radius 2 is 1.76 bits per heavy atom. The molecule has 0 radical (unpaired) electrons. The van der Waals surface area contributed by atoms with Gasteiger partial charge in [0.05, 0.1) is 13.2 Å². The summed E-state index contributed by atoms with van der Waals surface area (Å²) in [6, 6.07) is 9.64. The third kappa shape index (κ3) is 5.77. The number of nitrogens with zero attached hydrogens (tertiary/aromatic N) is 1. The molecule has 1 aliphatic rings. The lowest BCUT2D eigenvalue weighted by Crippen LogP contribution is -2.42. The van der Waals surface area contributed by atoms with Crippen LogP contribution in [0.1, 0.15) is 37.8 Å². The molecule has 21 heavy (non-hydrogen) atoms. The van der Waals surface area contributed by atoms with Crippen molar-refractivity contribution in [1.82, 2.24) is 10.2 Å². The highest BCUT2D eigenvalue weighted by atomic mass is 16.5. The molecule has 0 heterocycles. The molecular weight excluding hydrogens is 260 g/mol. The summed E-state index contributed by atoms with van der Waals surface area (Å²) in [5.74, 6) is 0. The van der Waals surface area contributed by atoms with Crippen molar-refractivity contribution in [3.05, 3.63) is 35.4 Å². The lowest BCUT2D eigenvalue weighted by molar-refractivity contribution is 0.0275. The van der Waals surface area contributed by atoms with Gasteiger partial charge in [-0.1, -0.05) is 24.3 Å². The van der Waals surface area contributed by atoms with Crippen molar-refractivity contribution in [2.24, 2.45) is 0 Å². The quantitative estimate of drug-likeness (QED) is 0.757. The molecule has 1 N–H and O–H groups in total. The van der Waals surface area contributed by atoms with Crippen molar-refractivity contribution in [3.63, 3.8) is 0 Å². The molecule has 3 heteroatoms. The highest BCUT2D eigenvalue weighted by Gasteiger charge is 2.20. The largest absolute Gasteiger partial charge is 0.375 e. The molecule has 1 aliphatic carbocycles. The maximum atomic E-state index is 5.85. The molecule has 0 aromatic heterocycles. The molecule has 118 valence electrons. The zero-order valence-electron chi connectivity index (χ0n) is 14.0. The molecule has 1 aromatic rings. The Bertz CT molecular complexity index is 421. The molecule has 0 spiro atoms. The predicted octanol–water partition coefficient (Wildman–Crippen LogP) is 2.84. The Morgan fingerprint density at radius 1 is 1.14 bits per heavy atom. The third-order valence-electron chi connectivity index (χ3n) is 4.38. The lowest BCUT2D eigenvalue weighted by Gasteiger charge is -2.32. The van der Waals surface area contributed by atoms with Crippen molar-refractivity contribution >= 4 is 0 Å². The van der Waals surface area contributed by atoms with Gasteiger partial charge in [0.2, 0.25) is 0 Å². The predicted molar refractivity (Wildman–Crippen MR) is 88.6 cm³/mol. The summed E-state index contributed by atoms with van der Waals surface area (Å²) in [5.41, 5.74) is 2.73. The summed E-state index contributed by atoms with van der Waals surface area (Å²) < 4.78 is 5.85. The summed E-state index contributed by atoms with van der Waals surface area (Å²) in [6.07, 6.45) is 3.84. The number of rotatable bonds is 9. The Labute approximate surface area is 129 Å². The average molecular weight is 290 g/mol. The molecular formula is C18H30N2O. The van der Waals surface area contributed by atoms with Gasteiger partial charge >= 0.3 is 0 Å². The van der Waals surface area contributed by atoms with Crippen LogP contribution >= 0.6 is 0 Å². The van der Waals surface area contributed by atoms with E-state index in [2.05, 4.69) is 62.4 Å². The summed E-state index contributed by atoms with van der Waals surface area (Å²) in [7, 11) is 4.18. The Balaban J connectivity index is 1.69. The first-order valence-electron chi connectivity index (χ1n) is 8.04. The van der Waals surface area contributed by atoms with Gasteiger partial charge in [-0.15, -0.1) is 0 Å². The number of hydrogen-bond acceptors (Lipinski definition) is 3. The van der Waals surface area contributed by atoms with Crippen LogP contribution in [-0.4, -0.2) is 43.7 Å². The first-order valence-corrected chi connectivity index (χ1v) is 8.04. The third-order valence-corrected chi connectivity index (χ3v) is 4.38. The number of hydrogen-bond donors (Lipinski definition) is 1. The number of nitrogens with one attached hydrogen (secondary N) is 1. The summed E-state index contributed by atoms with van der Waals surface area (Å²) in [5, 5.41) is 3.55. The second kappa shape index (κ2) is 7.39. The van der Waals surface area contributed by atoms with Crippen LogP contribution in [-0.2, 0) is 17.8 Å². The standard InChI is InChI=1S/C18H30N2O/c1-18(2,20(3)4)14-21-13-16-7-5-15(6-8-16)11-12-19-17-9-10-17/h5-8,17,19H,9-14H2,1-4H3. The fraction of sp³-hybridized carbons (Fsp3) is 0.667. The van der Waals surface area contributed by atoms with Crippen LogP contribution < -0.4 is 5.32 Å².